The predicted molar refractivity (Wildman–Crippen MR) is 75.2 cm³/mol. The van der Waals surface area contributed by atoms with Crippen molar-refractivity contribution in [1.82, 2.24) is 0 Å². The van der Waals surface area contributed by atoms with Crippen molar-refractivity contribution >= 4 is 23.0 Å². The van der Waals surface area contributed by atoms with Gasteiger partial charge in [0.05, 0.1) is 7.11 Å². The van der Waals surface area contributed by atoms with Crippen molar-refractivity contribution in [3.05, 3.63) is 33.7 Å². The standard InChI is InChI=1S/C14H15NO5S/c1-19-13(16)14(17)7-9(11-3-2-6-21-11)8-4-5-10(15-18)12(8)20-14/h2-3,6,9,17-18H,4-5,7H2,1H3/b15-10+/t9-,14-/m1/s1. The Morgan fingerprint density at radius 3 is 3.00 bits per heavy atom. The summed E-state index contributed by atoms with van der Waals surface area (Å²) >= 11 is 1.55. The molecule has 2 heterocycles. The highest BCUT2D eigenvalue weighted by molar-refractivity contribution is 7.10. The normalized spacial score (nSPS) is 30.2. The molecule has 0 radical (unpaired) electrons. The summed E-state index contributed by atoms with van der Waals surface area (Å²) in [6, 6.07) is 3.87. The molecule has 2 aliphatic rings. The minimum absolute atomic E-state index is 0.0950. The van der Waals surface area contributed by atoms with Gasteiger partial charge in [0, 0.05) is 23.6 Å². The third kappa shape index (κ3) is 2.22. The van der Waals surface area contributed by atoms with E-state index < -0.39 is 11.8 Å². The van der Waals surface area contributed by atoms with Gasteiger partial charge in [-0.3, -0.25) is 0 Å². The lowest BCUT2D eigenvalue weighted by Crippen LogP contribution is -2.46. The summed E-state index contributed by atoms with van der Waals surface area (Å²) in [5.74, 6) is -2.73. The maximum atomic E-state index is 11.9. The Hall–Kier alpha value is -1.86. The van der Waals surface area contributed by atoms with E-state index >= 15 is 0 Å². The molecule has 0 saturated carbocycles. The number of aliphatic hydroxyl groups is 1. The molecular formula is C14H15NO5S. The van der Waals surface area contributed by atoms with Crippen LogP contribution in [0.3, 0.4) is 0 Å². The molecule has 3 rings (SSSR count). The van der Waals surface area contributed by atoms with E-state index in [1.807, 2.05) is 17.5 Å². The topological polar surface area (TPSA) is 88.4 Å². The van der Waals surface area contributed by atoms with Crippen LogP contribution in [0.1, 0.15) is 30.1 Å². The maximum Gasteiger partial charge on any atom is 0.379 e. The molecule has 1 aromatic rings. The van der Waals surface area contributed by atoms with E-state index in [0.29, 0.717) is 24.3 Å². The van der Waals surface area contributed by atoms with Gasteiger partial charge in [0.25, 0.3) is 0 Å². The van der Waals surface area contributed by atoms with E-state index in [-0.39, 0.29) is 12.3 Å². The van der Waals surface area contributed by atoms with Gasteiger partial charge >= 0.3 is 11.8 Å². The number of nitrogens with zero attached hydrogens (tertiary/aromatic N) is 1. The highest BCUT2D eigenvalue weighted by Crippen LogP contribution is 2.47. The quantitative estimate of drug-likeness (QED) is 0.495. The fourth-order valence-corrected chi connectivity index (χ4v) is 3.74. The Kier molecular flexibility index (Phi) is 3.46. The number of hydrogen-bond donors (Lipinski definition) is 2. The van der Waals surface area contributed by atoms with Crippen LogP contribution in [0.2, 0.25) is 0 Å². The number of carbonyl (C=O) groups is 1. The SMILES string of the molecule is COC(=O)[C@@]1(O)C[C@@H](c2cccs2)C2=C(O1)/C(=N/O)CC2. The molecule has 1 aromatic heterocycles. The van der Waals surface area contributed by atoms with Crippen LogP contribution < -0.4 is 0 Å². The van der Waals surface area contributed by atoms with Crippen molar-refractivity contribution in [2.24, 2.45) is 5.16 Å². The first-order chi connectivity index (χ1) is 10.1. The Morgan fingerprint density at radius 2 is 2.38 bits per heavy atom. The number of rotatable bonds is 2. The van der Waals surface area contributed by atoms with Crippen LogP contribution in [0.4, 0.5) is 0 Å². The number of esters is 1. The number of methoxy groups -OCH3 is 1. The number of oxime groups is 1. The van der Waals surface area contributed by atoms with E-state index in [9.17, 15) is 9.90 Å². The van der Waals surface area contributed by atoms with Gasteiger partial charge in [-0.25, -0.2) is 4.79 Å². The van der Waals surface area contributed by atoms with Crippen LogP contribution in [0, 0.1) is 0 Å². The first kappa shape index (κ1) is 14.1. The molecule has 0 amide bonds. The van der Waals surface area contributed by atoms with E-state index in [1.54, 1.807) is 11.3 Å². The first-order valence-corrected chi connectivity index (χ1v) is 7.44. The molecule has 1 aliphatic heterocycles. The zero-order valence-electron chi connectivity index (χ0n) is 11.4. The van der Waals surface area contributed by atoms with Crippen LogP contribution in [0.15, 0.2) is 34.0 Å². The van der Waals surface area contributed by atoms with Crippen molar-refractivity contribution in [3.63, 3.8) is 0 Å². The van der Waals surface area contributed by atoms with Crippen LogP contribution in [-0.4, -0.2) is 34.9 Å². The molecular weight excluding hydrogens is 294 g/mol. The van der Waals surface area contributed by atoms with Gasteiger partial charge in [-0.05, 0) is 23.4 Å². The molecule has 21 heavy (non-hydrogen) atoms. The van der Waals surface area contributed by atoms with Crippen LogP contribution in [0.5, 0.6) is 0 Å². The van der Waals surface area contributed by atoms with Gasteiger partial charge in [0.15, 0.2) is 0 Å². The first-order valence-electron chi connectivity index (χ1n) is 6.56. The summed E-state index contributed by atoms with van der Waals surface area (Å²) in [6.45, 7) is 0. The summed E-state index contributed by atoms with van der Waals surface area (Å²) in [4.78, 5) is 12.9. The Labute approximate surface area is 125 Å². The largest absolute Gasteiger partial charge is 0.464 e. The minimum atomic E-state index is -2.05. The zero-order chi connectivity index (χ0) is 15.0. The number of thiophene rings is 1. The second-order valence-corrected chi connectivity index (χ2v) is 6.03. The van der Waals surface area contributed by atoms with Gasteiger partial charge in [0.1, 0.15) is 11.5 Å². The molecule has 0 saturated heterocycles. The molecule has 7 heteroatoms. The summed E-state index contributed by atoms with van der Waals surface area (Å²) in [7, 11) is 1.20. The second kappa shape index (κ2) is 5.16. The van der Waals surface area contributed by atoms with Crippen molar-refractivity contribution < 1.29 is 24.6 Å². The molecule has 2 atom stereocenters. The highest BCUT2D eigenvalue weighted by Gasteiger charge is 2.50. The molecule has 6 nitrogen and oxygen atoms in total. The summed E-state index contributed by atoms with van der Waals surface area (Å²) in [5.41, 5.74) is 1.31. The minimum Gasteiger partial charge on any atom is -0.464 e. The summed E-state index contributed by atoms with van der Waals surface area (Å²) < 4.78 is 10.1. The Bertz CT molecular complexity index is 621. The van der Waals surface area contributed by atoms with Gasteiger partial charge in [-0.15, -0.1) is 11.3 Å². The smallest absolute Gasteiger partial charge is 0.379 e. The maximum absolute atomic E-state index is 11.9. The van der Waals surface area contributed by atoms with Gasteiger partial charge in [-0.1, -0.05) is 11.2 Å². The second-order valence-electron chi connectivity index (χ2n) is 5.05. The lowest BCUT2D eigenvalue weighted by Gasteiger charge is -2.35. The third-order valence-corrected chi connectivity index (χ3v) is 4.85. The molecule has 0 spiro atoms. The van der Waals surface area contributed by atoms with Crippen molar-refractivity contribution in [2.75, 3.05) is 7.11 Å². The highest BCUT2D eigenvalue weighted by atomic mass is 32.1. The molecule has 112 valence electrons. The summed E-state index contributed by atoms with van der Waals surface area (Å²) in [6.07, 6.45) is 1.31. The monoisotopic (exact) mass is 309 g/mol. The Morgan fingerprint density at radius 1 is 1.57 bits per heavy atom. The van der Waals surface area contributed by atoms with Crippen LogP contribution in [0.25, 0.3) is 0 Å². The lowest BCUT2D eigenvalue weighted by atomic mass is 9.87. The number of hydrogen-bond acceptors (Lipinski definition) is 7. The van der Waals surface area contributed by atoms with E-state index in [4.69, 9.17) is 9.94 Å². The van der Waals surface area contributed by atoms with Gasteiger partial charge in [-0.2, -0.15) is 0 Å². The molecule has 1 aliphatic carbocycles. The fourth-order valence-electron chi connectivity index (χ4n) is 2.87. The van der Waals surface area contributed by atoms with Gasteiger partial charge < -0.3 is 19.8 Å². The van der Waals surface area contributed by atoms with Crippen molar-refractivity contribution in [3.8, 4) is 0 Å². The number of ether oxygens (including phenoxy) is 2. The van der Waals surface area contributed by atoms with E-state index in [1.165, 1.54) is 7.11 Å². The zero-order valence-corrected chi connectivity index (χ0v) is 12.2. The molecule has 0 bridgehead atoms. The molecule has 0 fully saturated rings. The van der Waals surface area contributed by atoms with Gasteiger partial charge in [0.2, 0.25) is 0 Å². The molecule has 2 N–H and O–H groups in total. The fraction of sp³-hybridized carbons (Fsp3) is 0.429. The van der Waals surface area contributed by atoms with Crippen LogP contribution >= 0.6 is 11.3 Å². The Balaban J connectivity index is 2.07. The molecule has 0 aromatic carbocycles. The van der Waals surface area contributed by atoms with Crippen LogP contribution in [-0.2, 0) is 14.3 Å². The summed E-state index contributed by atoms with van der Waals surface area (Å²) in [5, 5.41) is 24.7. The lowest BCUT2D eigenvalue weighted by molar-refractivity contribution is -0.218. The van der Waals surface area contributed by atoms with Crippen molar-refractivity contribution in [1.29, 1.82) is 0 Å². The predicted octanol–water partition coefficient (Wildman–Crippen LogP) is 1.99. The number of carbonyl (C=O) groups excluding carboxylic acids is 1. The van der Waals surface area contributed by atoms with Crippen molar-refractivity contribution in [2.45, 2.75) is 31.0 Å². The average molecular weight is 309 g/mol. The third-order valence-electron chi connectivity index (χ3n) is 3.87. The van der Waals surface area contributed by atoms with E-state index in [2.05, 4.69) is 9.89 Å². The molecule has 0 unspecified atom stereocenters. The average Bonchev–Trinajstić information content (AvgIpc) is 3.14. The van der Waals surface area contributed by atoms with E-state index in [0.717, 1.165) is 10.5 Å². The number of allylic oxidation sites excluding steroid dienone is 2.